The van der Waals surface area contributed by atoms with Crippen molar-refractivity contribution in [2.24, 2.45) is 5.14 Å². The summed E-state index contributed by atoms with van der Waals surface area (Å²) in [5.74, 6) is -0.343. The van der Waals surface area contributed by atoms with Crippen molar-refractivity contribution in [2.75, 3.05) is 12.3 Å². The van der Waals surface area contributed by atoms with E-state index in [2.05, 4.69) is 17.9 Å². The van der Waals surface area contributed by atoms with E-state index in [1.807, 2.05) is 30.3 Å². The Balaban J connectivity index is 2.29. The van der Waals surface area contributed by atoms with Crippen LogP contribution in [0.15, 0.2) is 30.3 Å². The van der Waals surface area contributed by atoms with Crippen LogP contribution in [0.2, 0.25) is 0 Å². The van der Waals surface area contributed by atoms with Crippen LogP contribution in [0.1, 0.15) is 12.0 Å². The lowest BCUT2D eigenvalue weighted by molar-refractivity contribution is -0.120. The van der Waals surface area contributed by atoms with E-state index in [1.165, 1.54) is 0 Å². The number of carbonyl (C=O) groups is 1. The largest absolute Gasteiger partial charge is 0.355 e. The van der Waals surface area contributed by atoms with Crippen molar-refractivity contribution < 1.29 is 13.2 Å². The molecule has 0 saturated heterocycles. The number of hydrogen-bond acceptors (Lipinski definition) is 4. The summed E-state index contributed by atoms with van der Waals surface area (Å²) >= 11 is 4.24. The van der Waals surface area contributed by atoms with Crippen LogP contribution in [0.4, 0.5) is 0 Å². The minimum Gasteiger partial charge on any atom is -0.355 e. The molecule has 3 N–H and O–H groups in total. The van der Waals surface area contributed by atoms with Crippen molar-refractivity contribution in [3.63, 3.8) is 0 Å². The van der Waals surface area contributed by atoms with Crippen LogP contribution in [0, 0.1) is 0 Å². The third kappa shape index (κ3) is 7.19. The van der Waals surface area contributed by atoms with Crippen LogP contribution < -0.4 is 10.5 Å². The molecule has 0 aromatic heterocycles. The molecule has 5 nitrogen and oxygen atoms in total. The van der Waals surface area contributed by atoms with Crippen molar-refractivity contribution in [3.05, 3.63) is 35.9 Å². The van der Waals surface area contributed by atoms with Crippen molar-refractivity contribution in [2.45, 2.75) is 18.1 Å². The Bertz CT molecular complexity index is 503. The van der Waals surface area contributed by atoms with Crippen LogP contribution in [-0.4, -0.2) is 31.9 Å². The van der Waals surface area contributed by atoms with Gasteiger partial charge in [0.2, 0.25) is 15.9 Å². The van der Waals surface area contributed by atoms with Crippen molar-refractivity contribution >= 4 is 28.6 Å². The molecule has 19 heavy (non-hydrogen) atoms. The molecule has 0 aliphatic heterocycles. The summed E-state index contributed by atoms with van der Waals surface area (Å²) in [4.78, 5) is 11.7. The first-order chi connectivity index (χ1) is 8.88. The highest BCUT2D eigenvalue weighted by atomic mass is 32.2. The number of rotatable bonds is 7. The number of carbonyl (C=O) groups excluding carboxylic acids is 1. The Kier molecular flexibility index (Phi) is 6.33. The average molecular weight is 302 g/mol. The maximum absolute atomic E-state index is 11.7. The molecule has 7 heteroatoms. The lowest BCUT2D eigenvalue weighted by Crippen LogP contribution is -2.34. The van der Waals surface area contributed by atoms with Crippen LogP contribution in [0.5, 0.6) is 0 Å². The molecular formula is C12H18N2O3S2. The van der Waals surface area contributed by atoms with E-state index in [0.717, 1.165) is 5.56 Å². The minimum atomic E-state index is -3.46. The molecule has 0 heterocycles. The minimum absolute atomic E-state index is 0.136. The predicted octanol–water partition coefficient (Wildman–Crippen LogP) is 0.322. The molecule has 0 bridgehead atoms. The second-order valence-corrected chi connectivity index (χ2v) is 6.57. The highest BCUT2D eigenvalue weighted by Gasteiger charge is 2.14. The monoisotopic (exact) mass is 302 g/mol. The van der Waals surface area contributed by atoms with Crippen LogP contribution in [-0.2, 0) is 21.2 Å². The summed E-state index contributed by atoms with van der Waals surface area (Å²) in [6.45, 7) is 0.279. The first-order valence-corrected chi connectivity index (χ1v) is 8.12. The molecule has 1 aromatic carbocycles. The van der Waals surface area contributed by atoms with Gasteiger partial charge >= 0.3 is 0 Å². The second kappa shape index (κ2) is 7.52. The highest BCUT2D eigenvalue weighted by molar-refractivity contribution is 7.89. The van der Waals surface area contributed by atoms with Crippen molar-refractivity contribution in [1.82, 2.24) is 5.32 Å². The molecule has 0 aliphatic rings. The van der Waals surface area contributed by atoms with Gasteiger partial charge in [-0.05, 0) is 18.4 Å². The van der Waals surface area contributed by atoms with Gasteiger partial charge in [0, 0.05) is 6.54 Å². The van der Waals surface area contributed by atoms with Crippen LogP contribution >= 0.6 is 12.6 Å². The molecule has 1 atom stereocenters. The fraction of sp³-hybridized carbons (Fsp3) is 0.417. The van der Waals surface area contributed by atoms with E-state index >= 15 is 0 Å². The zero-order valence-corrected chi connectivity index (χ0v) is 12.2. The number of nitrogens with one attached hydrogen (secondary N) is 1. The average Bonchev–Trinajstić information content (AvgIpc) is 2.34. The molecule has 0 spiro atoms. The summed E-state index contributed by atoms with van der Waals surface area (Å²) < 4.78 is 21.4. The SMILES string of the molecule is NS(=O)(=O)CCCNC(=O)C(S)Cc1ccccc1. The Labute approximate surface area is 119 Å². The van der Waals surface area contributed by atoms with Crippen LogP contribution in [0.3, 0.4) is 0 Å². The molecule has 1 amide bonds. The lowest BCUT2D eigenvalue weighted by Gasteiger charge is -2.11. The summed E-state index contributed by atoms with van der Waals surface area (Å²) in [5, 5.41) is 7.05. The van der Waals surface area contributed by atoms with E-state index in [-0.39, 0.29) is 18.2 Å². The number of benzene rings is 1. The number of thiol groups is 1. The van der Waals surface area contributed by atoms with Gasteiger partial charge in [-0.15, -0.1) is 0 Å². The topological polar surface area (TPSA) is 89.3 Å². The van der Waals surface area contributed by atoms with Gasteiger partial charge in [-0.2, -0.15) is 12.6 Å². The standard InChI is InChI=1S/C12H18N2O3S2/c13-19(16,17)8-4-7-14-12(15)11(18)9-10-5-2-1-3-6-10/h1-3,5-6,11,18H,4,7-9H2,(H,14,15)(H2,13,16,17). The van der Waals surface area contributed by atoms with E-state index in [1.54, 1.807) is 0 Å². The number of amides is 1. The maximum Gasteiger partial charge on any atom is 0.233 e. The number of hydrogen-bond donors (Lipinski definition) is 3. The molecule has 1 aromatic rings. The van der Waals surface area contributed by atoms with E-state index in [9.17, 15) is 13.2 Å². The molecule has 0 fully saturated rings. The van der Waals surface area contributed by atoms with E-state index < -0.39 is 15.3 Å². The maximum atomic E-state index is 11.7. The fourth-order valence-electron chi connectivity index (χ4n) is 1.53. The lowest BCUT2D eigenvalue weighted by atomic mass is 10.1. The number of nitrogens with two attached hydrogens (primary N) is 1. The van der Waals surface area contributed by atoms with E-state index in [0.29, 0.717) is 12.8 Å². The first kappa shape index (κ1) is 16.0. The van der Waals surface area contributed by atoms with Crippen molar-refractivity contribution in [3.8, 4) is 0 Å². The normalized spacial score (nSPS) is 12.9. The number of sulfonamides is 1. The number of primary sulfonamides is 1. The quantitative estimate of drug-likeness (QED) is 0.500. The molecular weight excluding hydrogens is 284 g/mol. The van der Waals surface area contributed by atoms with E-state index in [4.69, 9.17) is 5.14 Å². The third-order valence-corrected chi connectivity index (χ3v) is 3.75. The molecule has 1 rings (SSSR count). The summed E-state index contributed by atoms with van der Waals surface area (Å²) in [5.41, 5.74) is 1.03. The third-order valence-electron chi connectivity index (χ3n) is 2.48. The summed E-state index contributed by atoms with van der Waals surface area (Å²) in [7, 11) is -3.46. The smallest absolute Gasteiger partial charge is 0.233 e. The fourth-order valence-corrected chi connectivity index (χ4v) is 2.38. The molecule has 1 unspecified atom stereocenters. The Morgan fingerprint density at radius 3 is 2.53 bits per heavy atom. The predicted molar refractivity (Wildman–Crippen MR) is 78.5 cm³/mol. The van der Waals surface area contributed by atoms with Gasteiger partial charge in [-0.3, -0.25) is 4.79 Å². The Morgan fingerprint density at radius 2 is 1.95 bits per heavy atom. The Morgan fingerprint density at radius 1 is 1.32 bits per heavy atom. The molecule has 0 saturated carbocycles. The van der Waals surface area contributed by atoms with Gasteiger partial charge in [-0.1, -0.05) is 30.3 Å². The first-order valence-electron chi connectivity index (χ1n) is 5.88. The van der Waals surface area contributed by atoms with Gasteiger partial charge in [-0.25, -0.2) is 13.6 Å². The zero-order valence-electron chi connectivity index (χ0n) is 10.5. The van der Waals surface area contributed by atoms with Crippen LogP contribution in [0.25, 0.3) is 0 Å². The van der Waals surface area contributed by atoms with Gasteiger partial charge in [0.05, 0.1) is 11.0 Å². The zero-order chi connectivity index (χ0) is 14.3. The van der Waals surface area contributed by atoms with Crippen molar-refractivity contribution in [1.29, 1.82) is 0 Å². The van der Waals surface area contributed by atoms with Gasteiger partial charge < -0.3 is 5.32 Å². The van der Waals surface area contributed by atoms with Gasteiger partial charge in [0.1, 0.15) is 0 Å². The summed E-state index contributed by atoms with van der Waals surface area (Å²) in [6.07, 6.45) is 0.835. The van der Waals surface area contributed by atoms with Gasteiger partial charge in [0.25, 0.3) is 0 Å². The molecule has 0 radical (unpaired) electrons. The highest BCUT2D eigenvalue weighted by Crippen LogP contribution is 2.07. The second-order valence-electron chi connectivity index (χ2n) is 4.22. The summed E-state index contributed by atoms with van der Waals surface area (Å²) in [6, 6.07) is 9.57. The Hall–Kier alpha value is -1.05. The van der Waals surface area contributed by atoms with Gasteiger partial charge in [0.15, 0.2) is 0 Å². The molecule has 0 aliphatic carbocycles. The molecule has 106 valence electrons.